The summed E-state index contributed by atoms with van der Waals surface area (Å²) in [6.07, 6.45) is 5.28. The number of nitriles is 1. The molecule has 0 aromatic heterocycles. The summed E-state index contributed by atoms with van der Waals surface area (Å²) in [4.78, 5) is 14.6. The molecule has 1 atom stereocenters. The molecule has 1 unspecified atom stereocenters. The number of likely N-dealkylation sites (tertiary alicyclic amines) is 1. The molecule has 1 saturated heterocycles. The van der Waals surface area contributed by atoms with Crippen molar-refractivity contribution in [3.05, 3.63) is 0 Å². The van der Waals surface area contributed by atoms with Crippen molar-refractivity contribution >= 4 is 5.91 Å². The van der Waals surface area contributed by atoms with Crippen LogP contribution in [0.5, 0.6) is 0 Å². The molecule has 1 amide bonds. The zero-order valence-electron chi connectivity index (χ0n) is 12.1. The van der Waals surface area contributed by atoms with Gasteiger partial charge in [-0.2, -0.15) is 5.26 Å². The number of carbonyl (C=O) groups excluding carboxylic acids is 1. The molecule has 4 nitrogen and oxygen atoms in total. The zero-order valence-corrected chi connectivity index (χ0v) is 12.1. The first kappa shape index (κ1) is 14.3. The molecule has 2 aliphatic rings. The van der Waals surface area contributed by atoms with E-state index in [-0.39, 0.29) is 11.9 Å². The minimum absolute atomic E-state index is 0.0578. The van der Waals surface area contributed by atoms with E-state index in [9.17, 15) is 10.1 Å². The number of hydrogen-bond acceptors (Lipinski definition) is 3. The lowest BCUT2D eigenvalue weighted by molar-refractivity contribution is -0.134. The van der Waals surface area contributed by atoms with Gasteiger partial charge in [-0.05, 0) is 51.6 Å². The lowest BCUT2D eigenvalue weighted by Gasteiger charge is -2.40. The first-order chi connectivity index (χ1) is 9.05. The molecule has 1 saturated carbocycles. The van der Waals surface area contributed by atoms with Crippen LogP contribution in [0.25, 0.3) is 0 Å². The van der Waals surface area contributed by atoms with Crippen LogP contribution in [0, 0.1) is 22.7 Å². The molecule has 0 aromatic rings. The maximum atomic E-state index is 12.2. The Kier molecular flexibility index (Phi) is 4.46. The van der Waals surface area contributed by atoms with Crippen LogP contribution in [-0.4, -0.2) is 36.5 Å². The van der Waals surface area contributed by atoms with Gasteiger partial charge in [0, 0.05) is 12.6 Å². The summed E-state index contributed by atoms with van der Waals surface area (Å²) in [5.74, 6) is 0.445. The summed E-state index contributed by atoms with van der Waals surface area (Å²) in [6, 6.07) is 2.36. The summed E-state index contributed by atoms with van der Waals surface area (Å²) in [6.45, 7) is 7.32. The normalized spacial score (nSPS) is 33.0. The van der Waals surface area contributed by atoms with Crippen molar-refractivity contribution in [2.45, 2.75) is 52.0 Å². The van der Waals surface area contributed by atoms with Crippen LogP contribution in [0.15, 0.2) is 0 Å². The van der Waals surface area contributed by atoms with E-state index in [0.717, 1.165) is 19.6 Å². The van der Waals surface area contributed by atoms with Crippen molar-refractivity contribution in [2.75, 3.05) is 19.6 Å². The monoisotopic (exact) mass is 263 g/mol. The van der Waals surface area contributed by atoms with E-state index < -0.39 is 5.41 Å². The zero-order chi connectivity index (χ0) is 13.9. The molecule has 0 bridgehead atoms. The van der Waals surface area contributed by atoms with Gasteiger partial charge in [0.15, 0.2) is 0 Å². The second-order valence-corrected chi connectivity index (χ2v) is 6.44. The van der Waals surface area contributed by atoms with Gasteiger partial charge in [0.25, 0.3) is 0 Å². The largest absolute Gasteiger partial charge is 0.351 e. The topological polar surface area (TPSA) is 56.1 Å². The molecule has 0 radical (unpaired) electrons. The van der Waals surface area contributed by atoms with Crippen molar-refractivity contribution in [1.82, 2.24) is 10.2 Å². The van der Waals surface area contributed by atoms with Gasteiger partial charge in [0.2, 0.25) is 5.91 Å². The lowest BCUT2D eigenvalue weighted by atomic mass is 9.63. The number of piperidine rings is 1. The van der Waals surface area contributed by atoms with Crippen molar-refractivity contribution in [1.29, 1.82) is 5.26 Å². The number of hydrogen-bond donors (Lipinski definition) is 1. The molecule has 0 aromatic carbocycles. The Morgan fingerprint density at radius 1 is 1.42 bits per heavy atom. The van der Waals surface area contributed by atoms with Crippen LogP contribution < -0.4 is 5.32 Å². The Hall–Kier alpha value is -1.08. The van der Waals surface area contributed by atoms with E-state index in [1.165, 1.54) is 19.3 Å². The molecule has 1 N–H and O–H groups in total. The predicted molar refractivity (Wildman–Crippen MR) is 74.3 cm³/mol. The Morgan fingerprint density at radius 2 is 2.05 bits per heavy atom. The predicted octanol–water partition coefficient (Wildman–Crippen LogP) is 1.92. The van der Waals surface area contributed by atoms with Crippen molar-refractivity contribution in [2.24, 2.45) is 11.3 Å². The molecule has 19 heavy (non-hydrogen) atoms. The number of nitrogens with zero attached hydrogens (tertiary/aromatic N) is 2. The number of amides is 1. The summed E-state index contributed by atoms with van der Waals surface area (Å²) in [5.41, 5.74) is -0.741. The Bertz CT molecular complexity index is 362. The van der Waals surface area contributed by atoms with Gasteiger partial charge in [0.05, 0.1) is 6.07 Å². The maximum Gasteiger partial charge on any atom is 0.240 e. The Morgan fingerprint density at radius 3 is 2.58 bits per heavy atom. The highest BCUT2D eigenvalue weighted by Gasteiger charge is 2.49. The smallest absolute Gasteiger partial charge is 0.240 e. The van der Waals surface area contributed by atoms with E-state index in [4.69, 9.17) is 0 Å². The molecular formula is C15H25N3O. The fourth-order valence-electron chi connectivity index (χ4n) is 3.39. The third kappa shape index (κ3) is 3.27. The molecule has 0 spiro atoms. The van der Waals surface area contributed by atoms with E-state index >= 15 is 0 Å². The molecule has 4 heteroatoms. The van der Waals surface area contributed by atoms with E-state index in [1.807, 2.05) is 6.92 Å². The highest BCUT2D eigenvalue weighted by molar-refractivity contribution is 5.86. The van der Waals surface area contributed by atoms with Gasteiger partial charge in [-0.3, -0.25) is 4.79 Å². The molecular weight excluding hydrogens is 238 g/mol. The number of nitrogens with one attached hydrogen (secondary N) is 1. The van der Waals surface area contributed by atoms with Gasteiger partial charge < -0.3 is 10.2 Å². The van der Waals surface area contributed by atoms with Crippen LogP contribution in [0.3, 0.4) is 0 Å². The van der Waals surface area contributed by atoms with E-state index in [2.05, 4.69) is 23.2 Å². The summed E-state index contributed by atoms with van der Waals surface area (Å²) in [7, 11) is 0. The van der Waals surface area contributed by atoms with Crippen LogP contribution >= 0.6 is 0 Å². The lowest BCUT2D eigenvalue weighted by Crippen LogP contribution is -2.52. The first-order valence-corrected chi connectivity index (χ1v) is 7.50. The maximum absolute atomic E-state index is 12.2. The van der Waals surface area contributed by atoms with Crippen molar-refractivity contribution in [3.63, 3.8) is 0 Å². The highest BCUT2D eigenvalue weighted by Crippen LogP contribution is 2.45. The van der Waals surface area contributed by atoms with E-state index in [0.29, 0.717) is 18.8 Å². The van der Waals surface area contributed by atoms with Crippen molar-refractivity contribution in [3.8, 4) is 6.07 Å². The van der Waals surface area contributed by atoms with Gasteiger partial charge in [-0.25, -0.2) is 0 Å². The molecule has 106 valence electrons. The van der Waals surface area contributed by atoms with Crippen LogP contribution in [0.2, 0.25) is 0 Å². The first-order valence-electron chi connectivity index (χ1n) is 7.50. The van der Waals surface area contributed by atoms with E-state index in [1.54, 1.807) is 0 Å². The number of carbonyl (C=O) groups is 1. The van der Waals surface area contributed by atoms with Gasteiger partial charge >= 0.3 is 0 Å². The fraction of sp³-hybridized carbons (Fsp3) is 0.867. The minimum atomic E-state index is -0.741. The van der Waals surface area contributed by atoms with Crippen LogP contribution in [0.4, 0.5) is 0 Å². The van der Waals surface area contributed by atoms with Gasteiger partial charge in [-0.1, -0.05) is 13.3 Å². The standard InChI is InChI=1S/C15H25N3O/c1-12-8-15(9-12,11-16)14(19)17-13(2)10-18-6-4-3-5-7-18/h12-13H,3-10H2,1-2H3,(H,17,19). The summed E-state index contributed by atoms with van der Waals surface area (Å²) < 4.78 is 0. The molecule has 1 heterocycles. The second-order valence-electron chi connectivity index (χ2n) is 6.44. The molecule has 1 aliphatic heterocycles. The second kappa shape index (κ2) is 5.92. The third-order valence-electron chi connectivity index (χ3n) is 4.40. The van der Waals surface area contributed by atoms with Gasteiger partial charge in [-0.15, -0.1) is 0 Å². The average Bonchev–Trinajstić information content (AvgIpc) is 2.35. The average molecular weight is 263 g/mol. The summed E-state index contributed by atoms with van der Waals surface area (Å²) in [5, 5.41) is 12.3. The number of rotatable bonds is 4. The fourth-order valence-corrected chi connectivity index (χ4v) is 3.39. The Labute approximate surface area is 116 Å². The van der Waals surface area contributed by atoms with Gasteiger partial charge in [0.1, 0.15) is 5.41 Å². The quantitative estimate of drug-likeness (QED) is 0.843. The highest BCUT2D eigenvalue weighted by atomic mass is 16.2. The SMILES string of the molecule is CC1CC(C#N)(C(=O)NC(C)CN2CCCCC2)C1. The molecule has 1 aliphatic carbocycles. The Balaban J connectivity index is 1.80. The van der Waals surface area contributed by atoms with Crippen molar-refractivity contribution < 1.29 is 4.79 Å². The minimum Gasteiger partial charge on any atom is -0.351 e. The third-order valence-corrected chi connectivity index (χ3v) is 4.40. The van der Waals surface area contributed by atoms with Crippen LogP contribution in [-0.2, 0) is 4.79 Å². The summed E-state index contributed by atoms with van der Waals surface area (Å²) >= 11 is 0. The molecule has 2 rings (SSSR count). The van der Waals surface area contributed by atoms with Crippen LogP contribution in [0.1, 0.15) is 46.0 Å². The molecule has 2 fully saturated rings.